The van der Waals surface area contributed by atoms with Gasteiger partial charge in [0.15, 0.2) is 11.5 Å². The van der Waals surface area contributed by atoms with Crippen LogP contribution in [0.3, 0.4) is 0 Å². The van der Waals surface area contributed by atoms with E-state index in [4.69, 9.17) is 9.47 Å². The Bertz CT molecular complexity index is 1540. The van der Waals surface area contributed by atoms with Crippen molar-refractivity contribution < 1.29 is 23.9 Å². The lowest BCUT2D eigenvalue weighted by Gasteiger charge is -2.11. The van der Waals surface area contributed by atoms with Gasteiger partial charge in [-0.3, -0.25) is 14.4 Å². The summed E-state index contributed by atoms with van der Waals surface area (Å²) in [5.74, 6) is -1.36. The van der Waals surface area contributed by atoms with Gasteiger partial charge >= 0.3 is 11.8 Å². The predicted octanol–water partition coefficient (Wildman–Crippen LogP) is 4.92. The lowest BCUT2D eigenvalue weighted by molar-refractivity contribution is -0.136. The first kappa shape index (κ1) is 27.6. The molecule has 4 aromatic rings. The minimum atomic E-state index is -1.00. The van der Waals surface area contributed by atoms with E-state index in [-0.39, 0.29) is 11.3 Å². The van der Waals surface area contributed by atoms with Crippen molar-refractivity contribution in [2.24, 2.45) is 5.10 Å². The second kappa shape index (κ2) is 13.4. The molecular formula is C31H28N4O5. The molecule has 4 rings (SSSR count). The van der Waals surface area contributed by atoms with Crippen molar-refractivity contribution in [1.82, 2.24) is 5.43 Å². The van der Waals surface area contributed by atoms with E-state index in [2.05, 4.69) is 21.2 Å². The summed E-state index contributed by atoms with van der Waals surface area (Å²) < 4.78 is 11.3. The van der Waals surface area contributed by atoms with Crippen molar-refractivity contribution in [2.45, 2.75) is 13.5 Å². The van der Waals surface area contributed by atoms with Crippen LogP contribution in [0.4, 0.5) is 11.4 Å². The van der Waals surface area contributed by atoms with Crippen molar-refractivity contribution in [3.8, 4) is 11.5 Å². The van der Waals surface area contributed by atoms with E-state index in [0.29, 0.717) is 29.4 Å². The Morgan fingerprint density at radius 1 is 0.800 bits per heavy atom. The number of rotatable bonds is 9. The fourth-order valence-corrected chi connectivity index (χ4v) is 3.73. The van der Waals surface area contributed by atoms with Crippen LogP contribution in [-0.4, -0.2) is 31.0 Å². The van der Waals surface area contributed by atoms with Crippen molar-refractivity contribution >= 4 is 35.3 Å². The molecule has 202 valence electrons. The van der Waals surface area contributed by atoms with Gasteiger partial charge in [-0.25, -0.2) is 5.43 Å². The van der Waals surface area contributed by atoms with E-state index in [1.165, 1.54) is 19.4 Å². The topological polar surface area (TPSA) is 118 Å². The average molecular weight is 537 g/mol. The fraction of sp³-hybridized carbons (Fsp3) is 0.0968. The molecular weight excluding hydrogens is 508 g/mol. The zero-order chi connectivity index (χ0) is 28.3. The summed E-state index contributed by atoms with van der Waals surface area (Å²) in [6, 6.07) is 28.6. The summed E-state index contributed by atoms with van der Waals surface area (Å²) in [7, 11) is 1.52. The largest absolute Gasteiger partial charge is 0.493 e. The molecule has 0 aliphatic carbocycles. The summed E-state index contributed by atoms with van der Waals surface area (Å²) in [5.41, 5.74) is 5.82. The minimum absolute atomic E-state index is 0.188. The number of anilines is 2. The molecule has 0 aliphatic heterocycles. The maximum Gasteiger partial charge on any atom is 0.329 e. The van der Waals surface area contributed by atoms with Crippen LogP contribution < -0.4 is 25.5 Å². The molecule has 0 bridgehead atoms. The first-order valence-electron chi connectivity index (χ1n) is 12.4. The summed E-state index contributed by atoms with van der Waals surface area (Å²) in [6.07, 6.45) is 1.37. The number of benzene rings is 4. The Labute approximate surface area is 231 Å². The molecule has 0 heterocycles. The molecule has 0 unspecified atom stereocenters. The molecule has 0 atom stereocenters. The lowest BCUT2D eigenvalue weighted by Crippen LogP contribution is -2.33. The van der Waals surface area contributed by atoms with Gasteiger partial charge in [0.1, 0.15) is 6.61 Å². The van der Waals surface area contributed by atoms with Gasteiger partial charge in [0, 0.05) is 5.69 Å². The van der Waals surface area contributed by atoms with Gasteiger partial charge in [-0.15, -0.1) is 0 Å². The second-order valence-electron chi connectivity index (χ2n) is 8.71. The Morgan fingerprint density at radius 3 is 2.35 bits per heavy atom. The molecule has 0 aromatic heterocycles. The highest BCUT2D eigenvalue weighted by molar-refractivity contribution is 6.40. The number of hydrogen-bond acceptors (Lipinski definition) is 6. The number of methoxy groups -OCH3 is 1. The van der Waals surface area contributed by atoms with Gasteiger partial charge in [0.25, 0.3) is 5.91 Å². The lowest BCUT2D eigenvalue weighted by atomic mass is 10.1. The third-order valence-corrected chi connectivity index (χ3v) is 5.71. The number of nitrogens with one attached hydrogen (secondary N) is 3. The molecule has 0 saturated heterocycles. The highest BCUT2D eigenvalue weighted by atomic mass is 16.5. The SMILES string of the molecule is COc1cc(/C=N/NC(=O)C(=O)Nc2ccccc2C(=O)Nc2cccc(C)c2)ccc1OCc1ccccc1. The molecule has 0 spiro atoms. The molecule has 3 N–H and O–H groups in total. The van der Waals surface area contributed by atoms with Gasteiger partial charge in [-0.2, -0.15) is 5.10 Å². The smallest absolute Gasteiger partial charge is 0.329 e. The van der Waals surface area contributed by atoms with Crippen molar-refractivity contribution in [3.05, 3.63) is 119 Å². The monoisotopic (exact) mass is 536 g/mol. The Kier molecular flexibility index (Phi) is 9.23. The Hall–Kier alpha value is -5.44. The number of nitrogens with zero attached hydrogens (tertiary/aromatic N) is 1. The van der Waals surface area contributed by atoms with Gasteiger partial charge in [0.2, 0.25) is 0 Å². The zero-order valence-electron chi connectivity index (χ0n) is 22.0. The molecule has 0 radical (unpaired) electrons. The van der Waals surface area contributed by atoms with Crippen LogP contribution in [0.1, 0.15) is 27.0 Å². The fourth-order valence-electron chi connectivity index (χ4n) is 3.73. The highest BCUT2D eigenvalue weighted by Gasteiger charge is 2.18. The Morgan fingerprint density at radius 2 is 1.57 bits per heavy atom. The van der Waals surface area contributed by atoms with E-state index in [1.807, 2.05) is 55.5 Å². The summed E-state index contributed by atoms with van der Waals surface area (Å²) in [4.78, 5) is 37.7. The summed E-state index contributed by atoms with van der Waals surface area (Å²) in [5, 5.41) is 9.12. The van der Waals surface area contributed by atoms with Crippen LogP contribution in [-0.2, 0) is 16.2 Å². The van der Waals surface area contributed by atoms with Crippen LogP contribution in [0.5, 0.6) is 11.5 Å². The predicted molar refractivity (Wildman–Crippen MR) is 154 cm³/mol. The van der Waals surface area contributed by atoms with E-state index < -0.39 is 17.7 Å². The summed E-state index contributed by atoms with van der Waals surface area (Å²) >= 11 is 0. The maximum atomic E-state index is 12.8. The Balaban J connectivity index is 1.34. The van der Waals surface area contributed by atoms with Crippen LogP contribution in [0.25, 0.3) is 0 Å². The number of ether oxygens (including phenoxy) is 2. The molecule has 0 saturated carbocycles. The van der Waals surface area contributed by atoms with Gasteiger partial charge in [-0.05, 0) is 66.1 Å². The third kappa shape index (κ3) is 7.55. The minimum Gasteiger partial charge on any atom is -0.493 e. The first-order valence-corrected chi connectivity index (χ1v) is 12.4. The average Bonchev–Trinajstić information content (AvgIpc) is 2.97. The quantitative estimate of drug-likeness (QED) is 0.159. The van der Waals surface area contributed by atoms with Crippen molar-refractivity contribution in [2.75, 3.05) is 17.7 Å². The number of hydrazone groups is 1. The first-order chi connectivity index (χ1) is 19.4. The van der Waals surface area contributed by atoms with Crippen LogP contribution in [0.2, 0.25) is 0 Å². The normalized spacial score (nSPS) is 10.6. The van der Waals surface area contributed by atoms with Crippen molar-refractivity contribution in [3.63, 3.8) is 0 Å². The van der Waals surface area contributed by atoms with Gasteiger partial charge in [-0.1, -0.05) is 54.6 Å². The molecule has 0 aliphatic rings. The third-order valence-electron chi connectivity index (χ3n) is 5.71. The van der Waals surface area contributed by atoms with Gasteiger partial charge in [0.05, 0.1) is 24.6 Å². The molecule has 4 aromatic carbocycles. The van der Waals surface area contributed by atoms with Gasteiger partial charge < -0.3 is 20.1 Å². The van der Waals surface area contributed by atoms with E-state index in [0.717, 1.165) is 11.1 Å². The number of amides is 3. The maximum absolute atomic E-state index is 12.8. The number of carbonyl (C=O) groups is 3. The van der Waals surface area contributed by atoms with E-state index in [9.17, 15) is 14.4 Å². The number of aryl methyl sites for hydroxylation is 1. The molecule has 40 heavy (non-hydrogen) atoms. The number of carbonyl (C=O) groups excluding carboxylic acids is 3. The van der Waals surface area contributed by atoms with Crippen molar-refractivity contribution in [1.29, 1.82) is 0 Å². The molecule has 9 nitrogen and oxygen atoms in total. The van der Waals surface area contributed by atoms with E-state index in [1.54, 1.807) is 42.5 Å². The van der Waals surface area contributed by atoms with Crippen LogP contribution >= 0.6 is 0 Å². The van der Waals surface area contributed by atoms with Crippen LogP contribution in [0.15, 0.2) is 102 Å². The van der Waals surface area contributed by atoms with E-state index >= 15 is 0 Å². The number of para-hydroxylation sites is 1. The standard InChI is InChI=1S/C31H28N4O5/c1-21-9-8-12-24(17-21)33-29(36)25-13-6-7-14-26(25)34-30(37)31(38)35-32-19-23-15-16-27(28(18-23)39-2)40-20-22-10-4-3-5-11-22/h3-19H,20H2,1-2H3,(H,33,36)(H,34,37)(H,35,38)/b32-19+. The zero-order valence-corrected chi connectivity index (χ0v) is 22.0. The molecule has 9 heteroatoms. The van der Waals surface area contributed by atoms with Crippen LogP contribution in [0, 0.1) is 6.92 Å². The summed E-state index contributed by atoms with van der Waals surface area (Å²) in [6.45, 7) is 2.30. The number of hydrogen-bond donors (Lipinski definition) is 3. The second-order valence-corrected chi connectivity index (χ2v) is 8.71. The molecule has 0 fully saturated rings. The highest BCUT2D eigenvalue weighted by Crippen LogP contribution is 2.28. The molecule has 3 amide bonds.